The SMILES string of the molecule is C/C=C\C=C(/NC)c1ccccc1.CC(/C=C\Cc1[c-]ccc2c1oc1ccccc12)=C/[NH-].CCCC.[Er]. The molecule has 4 rings (SSSR count). The van der Waals surface area contributed by atoms with Crippen molar-refractivity contribution in [2.24, 2.45) is 0 Å². The van der Waals surface area contributed by atoms with Crippen LogP contribution >= 0.6 is 0 Å². The predicted molar refractivity (Wildman–Crippen MR) is 162 cm³/mol. The van der Waals surface area contributed by atoms with E-state index in [1.165, 1.54) is 24.6 Å². The van der Waals surface area contributed by atoms with Gasteiger partial charge in [0, 0.05) is 61.0 Å². The maximum absolute atomic E-state index is 7.16. The molecule has 3 nitrogen and oxygen atoms in total. The average Bonchev–Trinajstić information content (AvgIpc) is 3.34. The number of hydrogen-bond donors (Lipinski definition) is 1. The number of furan rings is 1. The van der Waals surface area contributed by atoms with Crippen molar-refractivity contribution < 1.29 is 41.7 Å². The van der Waals surface area contributed by atoms with Crippen LogP contribution in [0.1, 0.15) is 51.7 Å². The van der Waals surface area contributed by atoms with Gasteiger partial charge in [0.2, 0.25) is 0 Å². The van der Waals surface area contributed by atoms with Gasteiger partial charge in [0.15, 0.2) is 0 Å². The van der Waals surface area contributed by atoms with Crippen LogP contribution in [-0.4, -0.2) is 7.05 Å². The molecule has 0 atom stereocenters. The molecule has 0 aliphatic rings. The maximum Gasteiger partial charge on any atom is 0.116 e. The molecule has 4 aromatic rings. The molecule has 1 aromatic heterocycles. The first-order chi connectivity index (χ1) is 18.1. The van der Waals surface area contributed by atoms with Crippen LogP contribution in [0, 0.1) is 43.4 Å². The Labute approximate surface area is 258 Å². The van der Waals surface area contributed by atoms with Crippen molar-refractivity contribution in [2.45, 2.75) is 47.0 Å². The molecule has 0 amide bonds. The first-order valence-corrected chi connectivity index (χ1v) is 13.0. The molecule has 1 heterocycles. The number of benzene rings is 3. The Morgan fingerprint density at radius 1 is 0.974 bits per heavy atom. The van der Waals surface area contributed by atoms with Gasteiger partial charge >= 0.3 is 0 Å². The second-order valence-electron chi connectivity index (χ2n) is 8.51. The average molecular weight is 660 g/mol. The van der Waals surface area contributed by atoms with Gasteiger partial charge in [0.25, 0.3) is 0 Å². The summed E-state index contributed by atoms with van der Waals surface area (Å²) in [6, 6.07) is 25.6. The van der Waals surface area contributed by atoms with Gasteiger partial charge in [0.1, 0.15) is 5.58 Å². The molecule has 0 aliphatic heterocycles. The van der Waals surface area contributed by atoms with E-state index in [2.05, 4.69) is 49.5 Å². The van der Waals surface area contributed by atoms with Gasteiger partial charge < -0.3 is 15.5 Å². The third-order valence-electron chi connectivity index (χ3n) is 5.66. The second-order valence-corrected chi connectivity index (χ2v) is 8.51. The van der Waals surface area contributed by atoms with E-state index in [0.717, 1.165) is 45.2 Å². The van der Waals surface area contributed by atoms with Crippen LogP contribution in [0.4, 0.5) is 0 Å². The standard InChI is InChI=1S/C18H15NO.C12H15N.C4H10.Er/c1-13(12-19)6-4-7-14-8-5-10-16-15-9-2-3-11-17(15)20-18(14)16;1-3-4-10-12(13-2)11-8-6-5-7-9-11;1-3-4-2;/h2-6,9-12,19H,7H2,1H3;3-10,13H,1-2H3;3-4H2,1-2H3;/q-2;;;/b6-4-,13-12-;4-3-,12-10-;;. The molecule has 0 saturated carbocycles. The normalized spacial score (nSPS) is 11.6. The summed E-state index contributed by atoms with van der Waals surface area (Å²) in [7, 11) is 1.93. The van der Waals surface area contributed by atoms with E-state index in [0.29, 0.717) is 0 Å². The minimum absolute atomic E-state index is 0. The van der Waals surface area contributed by atoms with E-state index in [1.54, 1.807) is 0 Å². The van der Waals surface area contributed by atoms with Gasteiger partial charge in [-0.1, -0.05) is 110 Å². The van der Waals surface area contributed by atoms with Gasteiger partial charge in [-0.2, -0.15) is 24.4 Å². The molecular formula is C34H40ErN2O-2. The first-order valence-electron chi connectivity index (χ1n) is 13.0. The summed E-state index contributed by atoms with van der Waals surface area (Å²) in [6.07, 6.45) is 14.8. The zero-order chi connectivity index (χ0) is 26.9. The fraction of sp³-hybridized carbons (Fsp3) is 0.235. The van der Waals surface area contributed by atoms with Crippen molar-refractivity contribution in [2.75, 3.05) is 7.05 Å². The summed E-state index contributed by atoms with van der Waals surface area (Å²) in [6.45, 7) is 8.28. The summed E-state index contributed by atoms with van der Waals surface area (Å²) in [5.41, 5.74) is 13.3. The van der Waals surface area contributed by atoms with Crippen LogP contribution in [-0.2, 0) is 6.42 Å². The van der Waals surface area contributed by atoms with Crippen LogP contribution in [0.2, 0.25) is 0 Å². The monoisotopic (exact) mass is 658 g/mol. The Kier molecular flexibility index (Phi) is 17.0. The van der Waals surface area contributed by atoms with Crippen molar-refractivity contribution in [3.8, 4) is 0 Å². The first kappa shape index (κ1) is 33.3. The Bertz CT molecular complexity index is 1330. The molecule has 0 spiro atoms. The molecule has 3 aromatic carbocycles. The van der Waals surface area contributed by atoms with Crippen LogP contribution in [0.15, 0.2) is 113 Å². The summed E-state index contributed by atoms with van der Waals surface area (Å²) in [5, 5.41) is 5.44. The zero-order valence-corrected chi connectivity index (χ0v) is 25.0. The number of rotatable bonds is 7. The number of hydrogen-bond acceptors (Lipinski definition) is 2. The summed E-state index contributed by atoms with van der Waals surface area (Å²) in [5.74, 6) is 0. The van der Waals surface area contributed by atoms with Gasteiger partial charge in [-0.3, -0.25) is 0 Å². The van der Waals surface area contributed by atoms with Crippen LogP contribution in [0.3, 0.4) is 0 Å². The minimum atomic E-state index is 0. The van der Waals surface area contributed by atoms with Crippen LogP contribution < -0.4 is 5.32 Å². The van der Waals surface area contributed by atoms with E-state index in [4.69, 9.17) is 10.2 Å². The third-order valence-corrected chi connectivity index (χ3v) is 5.66. The number of allylic oxidation sites excluding steroid dienone is 6. The fourth-order valence-electron chi connectivity index (χ4n) is 3.44. The number of para-hydroxylation sites is 1. The molecule has 4 heteroatoms. The molecule has 0 fully saturated rings. The topological polar surface area (TPSA) is 49.0 Å². The predicted octanol–water partition coefficient (Wildman–Crippen LogP) is 10.1. The van der Waals surface area contributed by atoms with Gasteiger partial charge in [-0.15, -0.1) is 5.56 Å². The van der Waals surface area contributed by atoms with E-state index in [1.807, 2.05) is 93.7 Å². The fourth-order valence-corrected chi connectivity index (χ4v) is 3.44. The van der Waals surface area contributed by atoms with Crippen molar-refractivity contribution >= 4 is 27.6 Å². The molecule has 206 valence electrons. The molecule has 0 aliphatic carbocycles. The molecule has 0 radical (unpaired) electrons. The second kappa shape index (κ2) is 19.4. The molecule has 0 bridgehead atoms. The van der Waals surface area contributed by atoms with Crippen molar-refractivity contribution in [3.63, 3.8) is 0 Å². The quantitative estimate of drug-likeness (QED) is 0.159. The summed E-state index contributed by atoms with van der Waals surface area (Å²) >= 11 is 0. The largest absolute Gasteiger partial charge is 0.705 e. The minimum Gasteiger partial charge on any atom is -0.705 e. The van der Waals surface area contributed by atoms with E-state index in [-0.39, 0.29) is 37.3 Å². The zero-order valence-electron chi connectivity index (χ0n) is 23.1. The molecule has 0 unspecified atom stereocenters. The Balaban J connectivity index is 0.000000348. The summed E-state index contributed by atoms with van der Waals surface area (Å²) < 4.78 is 5.95. The Morgan fingerprint density at radius 3 is 2.29 bits per heavy atom. The molecule has 2 N–H and O–H groups in total. The third kappa shape index (κ3) is 10.6. The van der Waals surface area contributed by atoms with Gasteiger partial charge in [0.05, 0.1) is 0 Å². The number of nitrogens with one attached hydrogen (secondary N) is 2. The van der Waals surface area contributed by atoms with Crippen LogP contribution in [0.25, 0.3) is 33.4 Å². The van der Waals surface area contributed by atoms with Gasteiger partial charge in [-0.05, 0) is 38.0 Å². The Hall–Kier alpha value is -2.73. The smallest absolute Gasteiger partial charge is 0.116 e. The van der Waals surface area contributed by atoms with E-state index < -0.39 is 0 Å². The van der Waals surface area contributed by atoms with E-state index in [9.17, 15) is 0 Å². The maximum atomic E-state index is 7.16. The molecule has 0 saturated heterocycles. The Morgan fingerprint density at radius 2 is 1.66 bits per heavy atom. The van der Waals surface area contributed by atoms with Crippen LogP contribution in [0.5, 0.6) is 0 Å². The molecule has 38 heavy (non-hydrogen) atoms. The molecular weight excluding hydrogens is 620 g/mol. The van der Waals surface area contributed by atoms with Crippen molar-refractivity contribution in [1.82, 2.24) is 5.32 Å². The number of unbranched alkanes of at least 4 members (excludes halogenated alkanes) is 1. The number of fused-ring (bicyclic) bond motifs is 3. The van der Waals surface area contributed by atoms with E-state index >= 15 is 0 Å². The van der Waals surface area contributed by atoms with Gasteiger partial charge in [-0.25, -0.2) is 0 Å². The summed E-state index contributed by atoms with van der Waals surface area (Å²) in [4.78, 5) is 0. The van der Waals surface area contributed by atoms with Crippen molar-refractivity contribution in [1.29, 1.82) is 0 Å². The van der Waals surface area contributed by atoms with Crippen molar-refractivity contribution in [3.05, 3.63) is 132 Å².